The van der Waals surface area contributed by atoms with Crippen LogP contribution in [0, 0.1) is 34.9 Å². The van der Waals surface area contributed by atoms with Crippen molar-refractivity contribution < 1.29 is 37.5 Å². The fraction of sp³-hybridized carbons (Fsp3) is 0.607. The van der Waals surface area contributed by atoms with Gasteiger partial charge >= 0.3 is 13.2 Å². The maximum absolute atomic E-state index is 13.6. The van der Waals surface area contributed by atoms with Crippen molar-refractivity contribution in [2.24, 2.45) is 5.92 Å². The molecule has 2 amide bonds. The zero-order valence-corrected chi connectivity index (χ0v) is 23.4. The number of halogens is 3. The molecular weight excluding hydrogens is 540 g/mol. The van der Waals surface area contributed by atoms with Gasteiger partial charge in [-0.2, -0.15) is 5.26 Å². The summed E-state index contributed by atoms with van der Waals surface area (Å²) in [6, 6.07) is 7.35. The highest BCUT2D eigenvalue weighted by atomic mass is 19.2. The largest absolute Gasteiger partial charge is 0.475 e. The number of ether oxygens (including phenoxy) is 1. The topological polar surface area (TPSA) is 126 Å². The summed E-state index contributed by atoms with van der Waals surface area (Å²) in [5.41, 5.74) is -1.17. The van der Waals surface area contributed by atoms with Crippen LogP contribution in [0.4, 0.5) is 18.0 Å². The molecule has 5 atom stereocenters. The molecule has 1 unspecified atom stereocenters. The van der Waals surface area contributed by atoms with E-state index in [1.54, 1.807) is 25.7 Å². The summed E-state index contributed by atoms with van der Waals surface area (Å²) >= 11 is 0. The fourth-order valence-corrected chi connectivity index (χ4v) is 5.07. The number of nitriles is 1. The molecule has 222 valence electrons. The van der Waals surface area contributed by atoms with Crippen molar-refractivity contribution in [3.05, 3.63) is 35.6 Å². The van der Waals surface area contributed by atoms with Gasteiger partial charge in [0.15, 0.2) is 0 Å². The summed E-state index contributed by atoms with van der Waals surface area (Å²) in [4.78, 5) is 28.9. The van der Waals surface area contributed by atoms with Crippen LogP contribution in [0.3, 0.4) is 0 Å². The highest BCUT2D eigenvalue weighted by Crippen LogP contribution is 2.31. The first-order valence-electron chi connectivity index (χ1n) is 13.5. The fourth-order valence-electron chi connectivity index (χ4n) is 5.07. The summed E-state index contributed by atoms with van der Waals surface area (Å²) < 4.78 is 45.8. The van der Waals surface area contributed by atoms with E-state index >= 15 is 0 Å². The van der Waals surface area contributed by atoms with Gasteiger partial charge in [-0.1, -0.05) is 24.0 Å². The third-order valence-corrected chi connectivity index (χ3v) is 7.69. The van der Waals surface area contributed by atoms with E-state index in [0.717, 1.165) is 0 Å². The first-order valence-corrected chi connectivity index (χ1v) is 13.5. The van der Waals surface area contributed by atoms with E-state index in [4.69, 9.17) is 4.74 Å². The zero-order valence-electron chi connectivity index (χ0n) is 23.4. The van der Waals surface area contributed by atoms with E-state index in [1.165, 1.54) is 29.2 Å². The first-order chi connectivity index (χ1) is 19.3. The van der Waals surface area contributed by atoms with Gasteiger partial charge in [-0.15, -0.1) is 0 Å². The molecule has 0 spiro atoms. The second kappa shape index (κ2) is 13.6. The molecule has 41 heavy (non-hydrogen) atoms. The molecule has 2 aliphatic heterocycles. The lowest BCUT2D eigenvalue weighted by Crippen LogP contribution is -2.52. The predicted octanol–water partition coefficient (Wildman–Crippen LogP) is 2.16. The number of likely N-dealkylation sites (tertiary alicyclic amines) is 2. The van der Waals surface area contributed by atoms with Crippen LogP contribution in [-0.4, -0.2) is 94.6 Å². The molecule has 0 aromatic heterocycles. The Morgan fingerprint density at radius 2 is 1.88 bits per heavy atom. The minimum absolute atomic E-state index is 0.0110. The minimum atomic E-state index is -1.91. The van der Waals surface area contributed by atoms with Crippen LogP contribution in [0.2, 0.25) is 0 Å². The SMILES string of the molecule is CC(C)(C#CCC(C#N)C(=O)N1CCC[C@]1(C)COC(=O)N[C@@H](Cc1ccc(F)cc1)B(O)O)N1C[C@@H](F)[C@@H](F)C1. The van der Waals surface area contributed by atoms with Crippen LogP contribution in [0.25, 0.3) is 0 Å². The van der Waals surface area contributed by atoms with E-state index in [9.17, 15) is 38.1 Å². The number of carbonyl (C=O) groups excluding carboxylic acids is 2. The highest BCUT2D eigenvalue weighted by Gasteiger charge is 2.43. The van der Waals surface area contributed by atoms with E-state index in [1.807, 2.05) is 6.07 Å². The third kappa shape index (κ3) is 8.38. The Morgan fingerprint density at radius 3 is 2.46 bits per heavy atom. The average molecular weight is 576 g/mol. The molecule has 1 aromatic rings. The lowest BCUT2D eigenvalue weighted by atomic mass is 9.76. The molecule has 3 rings (SSSR count). The molecule has 2 fully saturated rings. The summed E-state index contributed by atoms with van der Waals surface area (Å²) in [7, 11) is -1.91. The van der Waals surface area contributed by atoms with Gasteiger partial charge in [-0.25, -0.2) is 18.0 Å². The van der Waals surface area contributed by atoms with Crippen LogP contribution in [0.5, 0.6) is 0 Å². The van der Waals surface area contributed by atoms with Gasteiger partial charge in [0.2, 0.25) is 5.91 Å². The van der Waals surface area contributed by atoms with Crippen molar-refractivity contribution >= 4 is 19.1 Å². The van der Waals surface area contributed by atoms with Crippen LogP contribution in [0.15, 0.2) is 24.3 Å². The molecule has 0 aliphatic carbocycles. The lowest BCUT2D eigenvalue weighted by molar-refractivity contribution is -0.138. The molecular formula is C28H36BF3N4O5. The van der Waals surface area contributed by atoms with Gasteiger partial charge < -0.3 is 25.0 Å². The van der Waals surface area contributed by atoms with Crippen molar-refractivity contribution in [1.82, 2.24) is 15.1 Å². The van der Waals surface area contributed by atoms with Crippen LogP contribution < -0.4 is 5.32 Å². The number of alkyl halides is 2. The van der Waals surface area contributed by atoms with Crippen molar-refractivity contribution in [1.29, 1.82) is 5.26 Å². The molecule has 1 aromatic carbocycles. The summed E-state index contributed by atoms with van der Waals surface area (Å²) in [5, 5.41) is 31.5. The number of rotatable bonds is 9. The molecule has 3 N–H and O–H groups in total. The Labute approximate surface area is 238 Å². The number of carbonyl (C=O) groups is 2. The van der Waals surface area contributed by atoms with Crippen molar-refractivity contribution in [3.8, 4) is 17.9 Å². The molecule has 13 heteroatoms. The van der Waals surface area contributed by atoms with E-state index in [2.05, 4.69) is 17.2 Å². The Hall–Kier alpha value is -3.26. The van der Waals surface area contributed by atoms with Gasteiger partial charge in [0.05, 0.1) is 23.1 Å². The third-order valence-electron chi connectivity index (χ3n) is 7.69. The quantitative estimate of drug-likeness (QED) is 0.304. The van der Waals surface area contributed by atoms with E-state index < -0.39 is 60.2 Å². The molecule has 0 saturated carbocycles. The Morgan fingerprint density at radius 1 is 1.24 bits per heavy atom. The van der Waals surface area contributed by atoms with Gasteiger partial charge in [0.1, 0.15) is 30.7 Å². The Balaban J connectivity index is 1.58. The number of benzene rings is 1. The van der Waals surface area contributed by atoms with E-state index in [-0.39, 0.29) is 32.5 Å². The molecule has 2 aliphatic rings. The normalized spacial score (nSPS) is 24.1. The molecule has 0 bridgehead atoms. The minimum Gasteiger partial charge on any atom is -0.447 e. The first kappa shape index (κ1) is 32.3. The standard InChI is InChI=1S/C28H36BF3N4O5/c1-27(2,35-16-22(31)23(32)17-35)11-4-6-20(15-33)25(37)36-13-5-12-28(36,3)18-41-26(38)34-24(29(39)40)14-19-7-9-21(30)10-8-19/h7-10,20,22-24,39-40H,5-6,12-14,16-18H2,1-3H3,(H,34,38)/t20?,22-,23+,24-,28+/m0/s1. The second-order valence-corrected chi connectivity index (χ2v) is 11.3. The highest BCUT2D eigenvalue weighted by molar-refractivity contribution is 6.43. The van der Waals surface area contributed by atoms with Crippen LogP contribution in [0.1, 0.15) is 45.6 Å². The number of amides is 2. The predicted molar refractivity (Wildman–Crippen MR) is 145 cm³/mol. The lowest BCUT2D eigenvalue weighted by Gasteiger charge is -2.35. The van der Waals surface area contributed by atoms with Gasteiger partial charge in [0, 0.05) is 26.1 Å². The van der Waals surface area contributed by atoms with Crippen molar-refractivity contribution in [3.63, 3.8) is 0 Å². The Bertz CT molecular complexity index is 1180. The average Bonchev–Trinajstić information content (AvgIpc) is 3.48. The maximum Gasteiger partial charge on any atom is 0.475 e. The van der Waals surface area contributed by atoms with Crippen molar-refractivity contribution in [2.45, 2.75) is 75.8 Å². The van der Waals surface area contributed by atoms with Gasteiger partial charge in [0.25, 0.3) is 0 Å². The van der Waals surface area contributed by atoms with Crippen molar-refractivity contribution in [2.75, 3.05) is 26.2 Å². The molecule has 9 nitrogen and oxygen atoms in total. The molecule has 0 radical (unpaired) electrons. The van der Waals surface area contributed by atoms with Crippen LogP contribution >= 0.6 is 0 Å². The summed E-state index contributed by atoms with van der Waals surface area (Å²) in [5.74, 6) is 2.67. The molecule has 2 saturated heterocycles. The summed E-state index contributed by atoms with van der Waals surface area (Å²) in [6.07, 6.45) is -3.00. The number of nitrogens with one attached hydrogen (secondary N) is 1. The van der Waals surface area contributed by atoms with E-state index in [0.29, 0.717) is 24.9 Å². The number of hydrogen-bond acceptors (Lipinski definition) is 7. The monoisotopic (exact) mass is 576 g/mol. The number of alkyl carbamates (subject to hydrolysis) is 1. The smallest absolute Gasteiger partial charge is 0.447 e. The van der Waals surface area contributed by atoms with Crippen LogP contribution in [-0.2, 0) is 16.0 Å². The number of nitrogens with zero attached hydrogens (tertiary/aromatic N) is 3. The van der Waals surface area contributed by atoms with Gasteiger partial charge in [-0.05, 0) is 57.7 Å². The Kier molecular flexibility index (Phi) is 10.7. The summed E-state index contributed by atoms with van der Waals surface area (Å²) in [6.45, 7) is 5.20. The zero-order chi connectivity index (χ0) is 30.4. The molecule has 2 heterocycles. The number of hydrogen-bond donors (Lipinski definition) is 3. The van der Waals surface area contributed by atoms with Gasteiger partial charge in [-0.3, -0.25) is 9.69 Å². The second-order valence-electron chi connectivity index (χ2n) is 11.3. The maximum atomic E-state index is 13.6.